The third kappa shape index (κ3) is 3.62. The summed E-state index contributed by atoms with van der Waals surface area (Å²) < 4.78 is 0. The van der Waals surface area contributed by atoms with E-state index in [-0.39, 0.29) is 22.9 Å². The van der Waals surface area contributed by atoms with E-state index in [0.717, 1.165) is 30.8 Å². The molecule has 2 aromatic rings. The molecule has 0 bridgehead atoms. The van der Waals surface area contributed by atoms with Crippen LogP contribution in [0, 0.1) is 0 Å². The number of nitrogens with zero attached hydrogens (tertiary/aromatic N) is 5. The first-order valence-electron chi connectivity index (χ1n) is 9.55. The van der Waals surface area contributed by atoms with E-state index in [1.165, 1.54) is 18.9 Å². The standard InChI is InChI=1S/C20H23N5O3/c26-14-15-11-17(21-13-18(15)27)20(28)25-9-7-23(8-10-25)16-3-4-19(22-12-16)24-5-1-2-6-24/h3-4,11-14,27H,1-2,5-10H2. The van der Waals surface area contributed by atoms with Crippen LogP contribution in [0.25, 0.3) is 0 Å². The van der Waals surface area contributed by atoms with Crippen molar-refractivity contribution in [2.75, 3.05) is 49.1 Å². The minimum absolute atomic E-state index is 0.0705. The zero-order valence-corrected chi connectivity index (χ0v) is 15.6. The lowest BCUT2D eigenvalue weighted by atomic mass is 10.2. The topological polar surface area (TPSA) is 89.9 Å². The molecule has 2 aliphatic rings. The summed E-state index contributed by atoms with van der Waals surface area (Å²) in [6, 6.07) is 5.49. The quantitative estimate of drug-likeness (QED) is 0.804. The summed E-state index contributed by atoms with van der Waals surface area (Å²) in [5.74, 6) is 0.575. The van der Waals surface area contributed by atoms with E-state index in [1.54, 1.807) is 4.90 Å². The highest BCUT2D eigenvalue weighted by molar-refractivity contribution is 5.94. The van der Waals surface area contributed by atoms with Gasteiger partial charge in [-0.05, 0) is 31.0 Å². The van der Waals surface area contributed by atoms with Crippen molar-refractivity contribution in [2.45, 2.75) is 12.8 Å². The van der Waals surface area contributed by atoms with Gasteiger partial charge in [0.2, 0.25) is 0 Å². The van der Waals surface area contributed by atoms with E-state index < -0.39 is 0 Å². The molecule has 2 saturated heterocycles. The van der Waals surface area contributed by atoms with Crippen molar-refractivity contribution in [3.8, 4) is 5.75 Å². The highest BCUT2D eigenvalue weighted by Crippen LogP contribution is 2.22. The second-order valence-electron chi connectivity index (χ2n) is 7.09. The summed E-state index contributed by atoms with van der Waals surface area (Å²) in [7, 11) is 0. The van der Waals surface area contributed by atoms with Crippen molar-refractivity contribution >= 4 is 23.7 Å². The van der Waals surface area contributed by atoms with E-state index in [4.69, 9.17) is 0 Å². The number of aromatic nitrogens is 2. The van der Waals surface area contributed by atoms with E-state index in [2.05, 4.69) is 31.9 Å². The Hall–Kier alpha value is -3.16. The average Bonchev–Trinajstić information content (AvgIpc) is 3.29. The fourth-order valence-electron chi connectivity index (χ4n) is 3.70. The van der Waals surface area contributed by atoms with Crippen LogP contribution in [0.4, 0.5) is 11.5 Å². The number of hydrogen-bond donors (Lipinski definition) is 1. The maximum Gasteiger partial charge on any atom is 0.272 e. The first kappa shape index (κ1) is 18.2. The molecule has 0 radical (unpaired) electrons. The molecular formula is C20H23N5O3. The third-order valence-corrected chi connectivity index (χ3v) is 5.35. The monoisotopic (exact) mass is 381 g/mol. The molecule has 28 heavy (non-hydrogen) atoms. The molecule has 2 aliphatic heterocycles. The van der Waals surface area contributed by atoms with E-state index in [9.17, 15) is 14.7 Å². The van der Waals surface area contributed by atoms with Crippen molar-refractivity contribution in [2.24, 2.45) is 0 Å². The van der Waals surface area contributed by atoms with Crippen LogP contribution >= 0.6 is 0 Å². The van der Waals surface area contributed by atoms with Crippen molar-refractivity contribution in [1.29, 1.82) is 0 Å². The van der Waals surface area contributed by atoms with Gasteiger partial charge >= 0.3 is 0 Å². The zero-order valence-electron chi connectivity index (χ0n) is 15.6. The molecule has 146 valence electrons. The van der Waals surface area contributed by atoms with Gasteiger partial charge in [-0.3, -0.25) is 9.59 Å². The summed E-state index contributed by atoms with van der Waals surface area (Å²) >= 11 is 0. The normalized spacial score (nSPS) is 17.1. The van der Waals surface area contributed by atoms with Crippen LogP contribution in [-0.2, 0) is 0 Å². The van der Waals surface area contributed by atoms with Gasteiger partial charge in [0.15, 0.2) is 6.29 Å². The molecule has 1 amide bonds. The van der Waals surface area contributed by atoms with Gasteiger partial charge in [0.25, 0.3) is 5.91 Å². The number of carbonyl (C=O) groups is 2. The third-order valence-electron chi connectivity index (χ3n) is 5.35. The molecule has 2 fully saturated rings. The molecule has 8 nitrogen and oxygen atoms in total. The SMILES string of the molecule is O=Cc1cc(C(=O)N2CCN(c3ccc(N4CCCC4)nc3)CC2)ncc1O. The maximum absolute atomic E-state index is 12.6. The van der Waals surface area contributed by atoms with Crippen molar-refractivity contribution in [3.05, 3.63) is 41.9 Å². The van der Waals surface area contributed by atoms with E-state index >= 15 is 0 Å². The van der Waals surface area contributed by atoms with E-state index in [0.29, 0.717) is 32.5 Å². The van der Waals surface area contributed by atoms with Crippen molar-refractivity contribution in [3.63, 3.8) is 0 Å². The minimum atomic E-state index is -0.231. The van der Waals surface area contributed by atoms with Gasteiger partial charge in [-0.2, -0.15) is 0 Å². The van der Waals surface area contributed by atoms with Gasteiger partial charge in [0.1, 0.15) is 17.3 Å². The summed E-state index contributed by atoms with van der Waals surface area (Å²) in [6.07, 6.45) is 6.02. The highest BCUT2D eigenvalue weighted by atomic mass is 16.3. The predicted octanol–water partition coefficient (Wildman–Crippen LogP) is 1.56. The Bertz CT molecular complexity index is 857. The Labute approximate surface area is 163 Å². The van der Waals surface area contributed by atoms with Crippen molar-refractivity contribution in [1.82, 2.24) is 14.9 Å². The minimum Gasteiger partial charge on any atom is -0.506 e. The van der Waals surface area contributed by atoms with Gasteiger partial charge in [0.05, 0.1) is 23.6 Å². The second-order valence-corrected chi connectivity index (χ2v) is 7.09. The molecule has 0 aliphatic carbocycles. The lowest BCUT2D eigenvalue weighted by Gasteiger charge is -2.36. The summed E-state index contributed by atoms with van der Waals surface area (Å²) in [6.45, 7) is 4.68. The summed E-state index contributed by atoms with van der Waals surface area (Å²) in [4.78, 5) is 38.4. The lowest BCUT2D eigenvalue weighted by molar-refractivity contribution is 0.0741. The van der Waals surface area contributed by atoms with Gasteiger partial charge in [-0.15, -0.1) is 0 Å². The number of hydrogen-bond acceptors (Lipinski definition) is 7. The van der Waals surface area contributed by atoms with Crippen LogP contribution in [0.15, 0.2) is 30.6 Å². The smallest absolute Gasteiger partial charge is 0.272 e. The van der Waals surface area contributed by atoms with E-state index in [1.807, 2.05) is 6.20 Å². The Morgan fingerprint density at radius 3 is 2.36 bits per heavy atom. The van der Waals surface area contributed by atoms with Crippen molar-refractivity contribution < 1.29 is 14.7 Å². The molecule has 0 spiro atoms. The Morgan fingerprint density at radius 1 is 0.964 bits per heavy atom. The lowest BCUT2D eigenvalue weighted by Crippen LogP contribution is -2.49. The Balaban J connectivity index is 1.37. The molecule has 2 aromatic heterocycles. The largest absolute Gasteiger partial charge is 0.506 e. The first-order valence-corrected chi connectivity index (χ1v) is 9.55. The van der Waals surface area contributed by atoms with Crippen LogP contribution in [-0.4, -0.2) is 71.4 Å². The molecule has 0 atom stereocenters. The van der Waals surface area contributed by atoms with Crippen LogP contribution in [0.1, 0.15) is 33.7 Å². The van der Waals surface area contributed by atoms with Gasteiger partial charge in [-0.25, -0.2) is 9.97 Å². The predicted molar refractivity (Wildman–Crippen MR) is 105 cm³/mol. The maximum atomic E-state index is 12.6. The molecule has 0 aromatic carbocycles. The number of piperazine rings is 1. The molecule has 1 N–H and O–H groups in total. The molecule has 4 rings (SSSR count). The highest BCUT2D eigenvalue weighted by Gasteiger charge is 2.24. The van der Waals surface area contributed by atoms with Gasteiger partial charge in [-0.1, -0.05) is 0 Å². The number of amides is 1. The average molecular weight is 381 g/mol. The molecule has 0 unspecified atom stereocenters. The number of anilines is 2. The number of carbonyl (C=O) groups excluding carboxylic acids is 2. The number of aldehydes is 1. The number of pyridine rings is 2. The van der Waals surface area contributed by atoms with Crippen LogP contribution in [0.2, 0.25) is 0 Å². The molecule has 4 heterocycles. The summed E-state index contributed by atoms with van der Waals surface area (Å²) in [5, 5.41) is 9.54. The van der Waals surface area contributed by atoms with Crippen LogP contribution < -0.4 is 9.80 Å². The number of aromatic hydroxyl groups is 1. The van der Waals surface area contributed by atoms with Gasteiger partial charge < -0.3 is 19.8 Å². The second kappa shape index (κ2) is 7.84. The fraction of sp³-hybridized carbons (Fsp3) is 0.400. The fourth-order valence-corrected chi connectivity index (χ4v) is 3.70. The number of rotatable bonds is 4. The zero-order chi connectivity index (χ0) is 19.5. The molecule has 8 heteroatoms. The van der Waals surface area contributed by atoms with Gasteiger partial charge in [0, 0.05) is 39.3 Å². The molecular weight excluding hydrogens is 358 g/mol. The first-order chi connectivity index (χ1) is 13.7. The molecule has 0 saturated carbocycles. The van der Waals surface area contributed by atoms with Crippen LogP contribution in [0.3, 0.4) is 0 Å². The Morgan fingerprint density at radius 2 is 1.71 bits per heavy atom. The Kier molecular flexibility index (Phi) is 5.10. The van der Waals surface area contributed by atoms with Crippen LogP contribution in [0.5, 0.6) is 5.75 Å². The summed E-state index contributed by atoms with van der Waals surface area (Å²) in [5.41, 5.74) is 1.30.